The van der Waals surface area contributed by atoms with Crippen molar-refractivity contribution < 1.29 is 23.8 Å². The molecule has 1 aromatic heterocycles. The molecule has 0 unspecified atom stereocenters. The van der Waals surface area contributed by atoms with Crippen molar-refractivity contribution >= 4 is 34.4 Å². The van der Waals surface area contributed by atoms with Crippen LogP contribution in [0, 0.1) is 5.82 Å². The van der Waals surface area contributed by atoms with Crippen molar-refractivity contribution in [2.24, 2.45) is 0 Å². The quantitative estimate of drug-likeness (QED) is 0.588. The second-order valence-corrected chi connectivity index (χ2v) is 8.13. The van der Waals surface area contributed by atoms with Gasteiger partial charge in [0.2, 0.25) is 0 Å². The molecular formula is C23H22ClFN2O4. The summed E-state index contributed by atoms with van der Waals surface area (Å²) < 4.78 is 18.9. The Hall–Kier alpha value is -2.90. The molecule has 3 aromatic rings. The van der Waals surface area contributed by atoms with Gasteiger partial charge in [-0.15, -0.1) is 0 Å². The van der Waals surface area contributed by atoms with Crippen LogP contribution in [-0.2, 0) is 16.0 Å². The molecule has 0 spiro atoms. The fourth-order valence-corrected chi connectivity index (χ4v) is 3.89. The van der Waals surface area contributed by atoms with Gasteiger partial charge in [-0.2, -0.15) is 0 Å². The van der Waals surface area contributed by atoms with Crippen LogP contribution in [-0.4, -0.2) is 52.2 Å². The van der Waals surface area contributed by atoms with Crippen molar-refractivity contribution in [3.8, 4) is 0 Å². The van der Waals surface area contributed by atoms with E-state index in [1.54, 1.807) is 41.3 Å². The number of aliphatic hydroxyl groups is 1. The highest BCUT2D eigenvalue weighted by Crippen LogP contribution is 2.22. The molecule has 1 aliphatic heterocycles. The summed E-state index contributed by atoms with van der Waals surface area (Å²) in [6.07, 6.45) is -0.420. The second kappa shape index (κ2) is 9.08. The predicted molar refractivity (Wildman–Crippen MR) is 114 cm³/mol. The SMILES string of the molecule is O=C(O[C@@H](Cc1ccc(F)cc1)C(=O)N1CCC(O)CC1)c1cc2cc(Cl)ccc2[nH]1. The Morgan fingerprint density at radius 1 is 1.16 bits per heavy atom. The van der Waals surface area contributed by atoms with Gasteiger partial charge in [0.05, 0.1) is 6.10 Å². The maximum Gasteiger partial charge on any atom is 0.355 e. The van der Waals surface area contributed by atoms with Crippen LogP contribution in [0.4, 0.5) is 4.39 Å². The normalized spacial score (nSPS) is 15.8. The second-order valence-electron chi connectivity index (χ2n) is 7.70. The number of nitrogens with zero attached hydrogens (tertiary/aromatic N) is 1. The van der Waals surface area contributed by atoms with Gasteiger partial charge in [-0.1, -0.05) is 23.7 Å². The van der Waals surface area contributed by atoms with Crippen molar-refractivity contribution in [1.82, 2.24) is 9.88 Å². The van der Waals surface area contributed by atoms with Crippen molar-refractivity contribution in [2.75, 3.05) is 13.1 Å². The zero-order chi connectivity index (χ0) is 22.0. The fourth-order valence-electron chi connectivity index (χ4n) is 3.71. The minimum atomic E-state index is -1.07. The fraction of sp³-hybridized carbons (Fsp3) is 0.304. The van der Waals surface area contributed by atoms with Crippen LogP contribution in [0.1, 0.15) is 28.9 Å². The van der Waals surface area contributed by atoms with Crippen LogP contribution in [0.15, 0.2) is 48.5 Å². The summed E-state index contributed by atoms with van der Waals surface area (Å²) in [5, 5.41) is 11.0. The molecule has 2 N–H and O–H groups in total. The third kappa shape index (κ3) is 5.06. The van der Waals surface area contributed by atoms with Crippen molar-refractivity contribution in [3.63, 3.8) is 0 Å². The zero-order valence-corrected chi connectivity index (χ0v) is 17.4. The number of rotatable bonds is 5. The average Bonchev–Trinajstić information content (AvgIpc) is 3.18. The van der Waals surface area contributed by atoms with Gasteiger partial charge in [0.1, 0.15) is 11.5 Å². The molecule has 162 valence electrons. The molecule has 2 aromatic carbocycles. The summed E-state index contributed by atoms with van der Waals surface area (Å²) in [6.45, 7) is 0.782. The maximum atomic E-state index is 13.3. The molecule has 1 atom stereocenters. The van der Waals surface area contributed by atoms with E-state index in [0.29, 0.717) is 36.5 Å². The number of aliphatic hydroxyl groups excluding tert-OH is 1. The van der Waals surface area contributed by atoms with E-state index in [9.17, 15) is 19.1 Å². The maximum absolute atomic E-state index is 13.3. The highest BCUT2D eigenvalue weighted by atomic mass is 35.5. The molecule has 0 saturated carbocycles. The first-order chi connectivity index (χ1) is 14.9. The third-order valence-electron chi connectivity index (χ3n) is 5.44. The molecule has 1 fully saturated rings. The van der Waals surface area contributed by atoms with Gasteiger partial charge >= 0.3 is 5.97 Å². The minimum absolute atomic E-state index is 0.121. The molecule has 31 heavy (non-hydrogen) atoms. The number of aromatic nitrogens is 1. The number of hydrogen-bond donors (Lipinski definition) is 2. The molecule has 1 saturated heterocycles. The van der Waals surface area contributed by atoms with Crippen LogP contribution in [0.2, 0.25) is 5.02 Å². The number of piperidine rings is 1. The van der Waals surface area contributed by atoms with E-state index in [1.807, 2.05) is 0 Å². The Kier molecular flexibility index (Phi) is 6.25. The number of fused-ring (bicyclic) bond motifs is 1. The Morgan fingerprint density at radius 3 is 2.58 bits per heavy atom. The lowest BCUT2D eigenvalue weighted by Crippen LogP contribution is -2.47. The largest absolute Gasteiger partial charge is 0.447 e. The number of nitrogens with one attached hydrogen (secondary N) is 1. The van der Waals surface area contributed by atoms with E-state index < -0.39 is 18.2 Å². The standard InChI is InChI=1S/C23H22ClFN2O4/c24-16-3-6-19-15(12-16)13-20(26-19)23(30)31-21(11-14-1-4-17(25)5-2-14)22(29)27-9-7-18(28)8-10-27/h1-6,12-13,18,21,26,28H,7-11H2/t21-/m0/s1. The predicted octanol–water partition coefficient (Wildman–Crippen LogP) is 3.71. The summed E-state index contributed by atoms with van der Waals surface area (Å²) >= 11 is 6.01. The van der Waals surface area contributed by atoms with Gasteiger partial charge in [-0.3, -0.25) is 4.79 Å². The smallest absolute Gasteiger partial charge is 0.355 e. The van der Waals surface area contributed by atoms with E-state index in [-0.39, 0.29) is 23.8 Å². The molecule has 0 radical (unpaired) electrons. The highest BCUT2D eigenvalue weighted by molar-refractivity contribution is 6.31. The van der Waals surface area contributed by atoms with E-state index in [0.717, 1.165) is 10.9 Å². The third-order valence-corrected chi connectivity index (χ3v) is 5.67. The molecule has 0 bridgehead atoms. The van der Waals surface area contributed by atoms with Gasteiger partial charge in [-0.05, 0) is 54.8 Å². The van der Waals surface area contributed by atoms with Gasteiger partial charge in [0, 0.05) is 35.4 Å². The lowest BCUT2D eigenvalue weighted by Gasteiger charge is -2.32. The number of hydrogen-bond acceptors (Lipinski definition) is 4. The summed E-state index contributed by atoms with van der Waals surface area (Å²) in [6, 6.07) is 12.6. The first-order valence-corrected chi connectivity index (χ1v) is 10.5. The van der Waals surface area contributed by atoms with E-state index in [2.05, 4.69) is 4.98 Å². The molecule has 0 aliphatic carbocycles. The van der Waals surface area contributed by atoms with Crippen LogP contribution in [0.25, 0.3) is 10.9 Å². The van der Waals surface area contributed by atoms with Crippen LogP contribution in [0.5, 0.6) is 0 Å². The van der Waals surface area contributed by atoms with Crippen LogP contribution >= 0.6 is 11.6 Å². The molecule has 1 amide bonds. The van der Waals surface area contributed by atoms with E-state index >= 15 is 0 Å². The number of ether oxygens (including phenoxy) is 1. The van der Waals surface area contributed by atoms with Crippen LogP contribution < -0.4 is 0 Å². The summed E-state index contributed by atoms with van der Waals surface area (Å²) in [7, 11) is 0. The molecule has 4 rings (SSSR count). The van der Waals surface area contributed by atoms with Gasteiger partial charge in [0.25, 0.3) is 5.91 Å². The van der Waals surface area contributed by atoms with Crippen molar-refractivity contribution in [3.05, 3.63) is 70.6 Å². The number of aromatic amines is 1. The van der Waals surface area contributed by atoms with E-state index in [4.69, 9.17) is 16.3 Å². The molecule has 6 nitrogen and oxygen atoms in total. The zero-order valence-electron chi connectivity index (χ0n) is 16.7. The van der Waals surface area contributed by atoms with E-state index in [1.165, 1.54) is 12.1 Å². The topological polar surface area (TPSA) is 82.6 Å². The lowest BCUT2D eigenvalue weighted by molar-refractivity contribution is -0.142. The van der Waals surface area contributed by atoms with Gasteiger partial charge in [-0.25, -0.2) is 9.18 Å². The van der Waals surface area contributed by atoms with Crippen molar-refractivity contribution in [2.45, 2.75) is 31.5 Å². The van der Waals surface area contributed by atoms with Gasteiger partial charge < -0.3 is 19.7 Å². The number of esters is 1. The summed E-state index contributed by atoms with van der Waals surface area (Å²) in [4.78, 5) is 30.5. The number of carbonyl (C=O) groups is 2. The molecule has 1 aliphatic rings. The Bertz CT molecular complexity index is 1090. The number of amides is 1. The number of halogens is 2. The Balaban J connectivity index is 1.55. The monoisotopic (exact) mass is 444 g/mol. The van der Waals surface area contributed by atoms with Crippen LogP contribution in [0.3, 0.4) is 0 Å². The summed E-state index contributed by atoms with van der Waals surface area (Å²) in [5.74, 6) is -1.38. The van der Waals surface area contributed by atoms with Gasteiger partial charge in [0.15, 0.2) is 6.10 Å². The number of carbonyl (C=O) groups excluding carboxylic acids is 2. The number of likely N-dealkylation sites (tertiary alicyclic amines) is 1. The van der Waals surface area contributed by atoms with Crippen molar-refractivity contribution in [1.29, 1.82) is 0 Å². The summed E-state index contributed by atoms with van der Waals surface area (Å²) in [5.41, 5.74) is 1.61. The first-order valence-electron chi connectivity index (χ1n) is 10.1. The Morgan fingerprint density at radius 2 is 1.87 bits per heavy atom. The first kappa shape index (κ1) is 21.3. The minimum Gasteiger partial charge on any atom is -0.447 e. The lowest BCUT2D eigenvalue weighted by atomic mass is 10.0. The number of H-pyrrole nitrogens is 1. The molecular weight excluding hydrogens is 423 g/mol. The molecule has 8 heteroatoms. The Labute approximate surface area is 183 Å². The average molecular weight is 445 g/mol. The molecule has 2 heterocycles. The highest BCUT2D eigenvalue weighted by Gasteiger charge is 2.31. The number of benzene rings is 2.